The number of nitrogens with two attached hydrogens (primary N) is 1. The first kappa shape index (κ1) is 10.2. The molecule has 1 heterocycles. The van der Waals surface area contributed by atoms with Crippen LogP contribution in [0.25, 0.3) is 0 Å². The number of hydrogen-bond acceptors (Lipinski definition) is 2. The number of rotatable bonds is 3. The zero-order chi connectivity index (χ0) is 11.1. The molecule has 3 nitrogen and oxygen atoms in total. The predicted octanol–water partition coefficient (Wildman–Crippen LogP) is 3.02. The molecule has 2 fully saturated rings. The fourth-order valence-corrected chi connectivity index (χ4v) is 2.99. The van der Waals surface area contributed by atoms with E-state index in [2.05, 4.69) is 11.5 Å². The highest BCUT2D eigenvalue weighted by molar-refractivity contribution is 5.42. The van der Waals surface area contributed by atoms with Gasteiger partial charge < -0.3 is 10.3 Å². The Kier molecular flexibility index (Phi) is 2.41. The number of nitrogens with zero attached hydrogens (tertiary/aromatic N) is 2. The Morgan fingerprint density at radius 3 is 2.44 bits per heavy atom. The van der Waals surface area contributed by atoms with Crippen LogP contribution in [-0.2, 0) is 6.54 Å². The van der Waals surface area contributed by atoms with Crippen LogP contribution in [0.1, 0.15) is 68.8 Å². The van der Waals surface area contributed by atoms with E-state index in [1.54, 1.807) is 0 Å². The van der Waals surface area contributed by atoms with E-state index in [0.29, 0.717) is 11.8 Å². The molecule has 0 amide bonds. The smallest absolute Gasteiger partial charge is 0.127 e. The zero-order valence-electron chi connectivity index (χ0n) is 10.1. The van der Waals surface area contributed by atoms with Gasteiger partial charge in [-0.05, 0) is 32.6 Å². The van der Waals surface area contributed by atoms with Crippen molar-refractivity contribution in [2.24, 2.45) is 0 Å². The lowest BCUT2D eigenvalue weighted by molar-refractivity contribution is 0.701. The molecule has 3 rings (SSSR count). The molecule has 0 bridgehead atoms. The van der Waals surface area contributed by atoms with Crippen molar-refractivity contribution in [3.05, 3.63) is 11.5 Å². The minimum absolute atomic E-state index is 0.644. The van der Waals surface area contributed by atoms with Crippen molar-refractivity contribution in [3.63, 3.8) is 0 Å². The molecule has 0 unspecified atom stereocenters. The lowest BCUT2D eigenvalue weighted by Gasteiger charge is -2.08. The van der Waals surface area contributed by atoms with Gasteiger partial charge in [0.1, 0.15) is 11.6 Å². The quantitative estimate of drug-likeness (QED) is 0.849. The molecule has 0 saturated heterocycles. The molecule has 0 atom stereocenters. The monoisotopic (exact) mass is 219 g/mol. The zero-order valence-corrected chi connectivity index (χ0v) is 10.1. The maximum Gasteiger partial charge on any atom is 0.127 e. The van der Waals surface area contributed by atoms with Gasteiger partial charge in [0.05, 0.1) is 5.69 Å². The highest BCUT2D eigenvalue weighted by atomic mass is 15.1. The second kappa shape index (κ2) is 3.79. The fraction of sp³-hybridized carbons (Fsp3) is 0.769. The third-order valence-electron chi connectivity index (χ3n) is 4.07. The van der Waals surface area contributed by atoms with Crippen LogP contribution in [0.2, 0.25) is 0 Å². The first-order valence-electron chi connectivity index (χ1n) is 6.67. The van der Waals surface area contributed by atoms with Crippen molar-refractivity contribution >= 4 is 5.82 Å². The molecular weight excluding hydrogens is 198 g/mol. The lowest BCUT2D eigenvalue weighted by Crippen LogP contribution is -2.05. The first-order chi connectivity index (χ1) is 7.81. The average molecular weight is 219 g/mol. The van der Waals surface area contributed by atoms with Crippen LogP contribution in [0, 0.1) is 0 Å². The van der Waals surface area contributed by atoms with Gasteiger partial charge in [0.15, 0.2) is 0 Å². The minimum atomic E-state index is 0.644. The van der Waals surface area contributed by atoms with E-state index in [1.807, 2.05) is 0 Å². The van der Waals surface area contributed by atoms with E-state index in [9.17, 15) is 0 Å². The summed E-state index contributed by atoms with van der Waals surface area (Å²) < 4.78 is 2.24. The summed E-state index contributed by atoms with van der Waals surface area (Å²) in [5.74, 6) is 3.57. The second-order valence-corrected chi connectivity index (χ2v) is 5.24. The molecule has 3 heteroatoms. The lowest BCUT2D eigenvalue weighted by atomic mass is 10.0. The third kappa shape index (κ3) is 1.53. The van der Waals surface area contributed by atoms with Gasteiger partial charge in [-0.2, -0.15) is 0 Å². The molecule has 2 aliphatic carbocycles. The second-order valence-electron chi connectivity index (χ2n) is 5.24. The number of aromatic nitrogens is 2. The summed E-state index contributed by atoms with van der Waals surface area (Å²) in [7, 11) is 0. The molecule has 2 aliphatic rings. The topological polar surface area (TPSA) is 43.8 Å². The average Bonchev–Trinajstić information content (AvgIpc) is 2.88. The van der Waals surface area contributed by atoms with Crippen LogP contribution in [-0.4, -0.2) is 9.55 Å². The van der Waals surface area contributed by atoms with E-state index in [4.69, 9.17) is 10.7 Å². The molecule has 1 aromatic rings. The van der Waals surface area contributed by atoms with E-state index in [-0.39, 0.29) is 0 Å². The highest BCUT2D eigenvalue weighted by Crippen LogP contribution is 2.43. The molecule has 88 valence electrons. The number of anilines is 1. The van der Waals surface area contributed by atoms with Crippen molar-refractivity contribution < 1.29 is 0 Å². The Bertz CT molecular complexity index is 384. The van der Waals surface area contributed by atoms with Crippen LogP contribution >= 0.6 is 0 Å². The predicted molar refractivity (Wildman–Crippen MR) is 65.5 cm³/mol. The number of imidazole rings is 1. The van der Waals surface area contributed by atoms with Gasteiger partial charge in [0.2, 0.25) is 0 Å². The van der Waals surface area contributed by atoms with Gasteiger partial charge in [-0.25, -0.2) is 4.98 Å². The van der Waals surface area contributed by atoms with Crippen molar-refractivity contribution in [2.45, 2.75) is 63.8 Å². The summed E-state index contributed by atoms with van der Waals surface area (Å²) in [6.45, 7) is 3.14. The number of nitrogen functional groups attached to an aromatic ring is 1. The van der Waals surface area contributed by atoms with Gasteiger partial charge in [-0.1, -0.05) is 12.8 Å². The molecule has 1 aromatic heterocycles. The standard InChI is InChI=1S/C13H21N3/c1-2-16-12(14)11(9-5-3-4-6-9)15-13(16)10-7-8-10/h9-10H,2-8,14H2,1H3. The summed E-state index contributed by atoms with van der Waals surface area (Å²) in [4.78, 5) is 4.86. The molecule has 0 spiro atoms. The summed E-state index contributed by atoms with van der Waals surface area (Å²) in [6, 6.07) is 0. The Hall–Kier alpha value is -0.990. The van der Waals surface area contributed by atoms with E-state index in [1.165, 1.54) is 50.0 Å². The first-order valence-corrected chi connectivity index (χ1v) is 6.67. The fourth-order valence-electron chi connectivity index (χ4n) is 2.99. The van der Waals surface area contributed by atoms with Crippen molar-refractivity contribution in [3.8, 4) is 0 Å². The summed E-state index contributed by atoms with van der Waals surface area (Å²) in [5, 5.41) is 0. The normalized spacial score (nSPS) is 21.8. The molecule has 2 saturated carbocycles. The summed E-state index contributed by atoms with van der Waals surface area (Å²) in [6.07, 6.45) is 7.88. The van der Waals surface area contributed by atoms with Gasteiger partial charge in [0.25, 0.3) is 0 Å². The van der Waals surface area contributed by atoms with Gasteiger partial charge in [-0.3, -0.25) is 0 Å². The van der Waals surface area contributed by atoms with E-state index < -0.39 is 0 Å². The molecule has 0 radical (unpaired) electrons. The van der Waals surface area contributed by atoms with Crippen molar-refractivity contribution in [2.75, 3.05) is 5.73 Å². The molecule has 0 aromatic carbocycles. The van der Waals surface area contributed by atoms with Crippen molar-refractivity contribution in [1.82, 2.24) is 9.55 Å². The van der Waals surface area contributed by atoms with Crippen LogP contribution in [0.3, 0.4) is 0 Å². The molecule has 0 aliphatic heterocycles. The summed E-state index contributed by atoms with van der Waals surface area (Å²) in [5.41, 5.74) is 7.47. The van der Waals surface area contributed by atoms with Crippen molar-refractivity contribution in [1.29, 1.82) is 0 Å². The Morgan fingerprint density at radius 1 is 1.19 bits per heavy atom. The third-order valence-corrected chi connectivity index (χ3v) is 4.07. The van der Waals surface area contributed by atoms with Crippen LogP contribution in [0.15, 0.2) is 0 Å². The largest absolute Gasteiger partial charge is 0.384 e. The molecule has 16 heavy (non-hydrogen) atoms. The Labute approximate surface area is 97.0 Å². The van der Waals surface area contributed by atoms with Crippen LogP contribution in [0.4, 0.5) is 5.82 Å². The SMILES string of the molecule is CCn1c(C2CC2)nc(C2CCCC2)c1N. The maximum atomic E-state index is 6.26. The minimum Gasteiger partial charge on any atom is -0.384 e. The van der Waals surface area contributed by atoms with Crippen LogP contribution in [0.5, 0.6) is 0 Å². The highest BCUT2D eigenvalue weighted by Gasteiger charge is 2.32. The number of hydrogen-bond donors (Lipinski definition) is 1. The van der Waals surface area contributed by atoms with Gasteiger partial charge >= 0.3 is 0 Å². The Balaban J connectivity index is 1.97. The van der Waals surface area contributed by atoms with Crippen LogP contribution < -0.4 is 5.73 Å². The van der Waals surface area contributed by atoms with Gasteiger partial charge in [0, 0.05) is 18.4 Å². The van der Waals surface area contributed by atoms with Gasteiger partial charge in [-0.15, -0.1) is 0 Å². The van der Waals surface area contributed by atoms with E-state index in [0.717, 1.165) is 12.4 Å². The maximum absolute atomic E-state index is 6.26. The molecular formula is C13H21N3. The summed E-state index contributed by atoms with van der Waals surface area (Å²) >= 11 is 0. The van der Waals surface area contributed by atoms with E-state index >= 15 is 0 Å². The molecule has 2 N–H and O–H groups in total. The Morgan fingerprint density at radius 2 is 1.88 bits per heavy atom.